The van der Waals surface area contributed by atoms with Crippen LogP contribution in [0.2, 0.25) is 0 Å². The van der Waals surface area contributed by atoms with Gasteiger partial charge in [-0.15, -0.1) is 11.3 Å². The summed E-state index contributed by atoms with van der Waals surface area (Å²) in [5.74, 6) is -0.115. The van der Waals surface area contributed by atoms with Crippen LogP contribution >= 0.6 is 11.3 Å². The first kappa shape index (κ1) is 12.1. The van der Waals surface area contributed by atoms with Gasteiger partial charge in [-0.25, -0.2) is 4.98 Å². The Labute approximate surface area is 124 Å². The third-order valence-corrected chi connectivity index (χ3v) is 4.20. The van der Waals surface area contributed by atoms with Crippen molar-refractivity contribution < 1.29 is 4.79 Å². The molecular formula is C16H11N3OS. The molecule has 0 saturated carbocycles. The lowest BCUT2D eigenvalue weighted by Gasteiger charge is -2.05. The molecule has 2 heterocycles. The molecule has 5 heteroatoms. The van der Waals surface area contributed by atoms with Crippen molar-refractivity contribution in [3.63, 3.8) is 0 Å². The van der Waals surface area contributed by atoms with Crippen LogP contribution in [0.5, 0.6) is 0 Å². The van der Waals surface area contributed by atoms with Gasteiger partial charge in [0, 0.05) is 23.0 Å². The molecule has 0 spiro atoms. The molecule has 0 radical (unpaired) electrons. The topological polar surface area (TPSA) is 57.8 Å². The van der Waals surface area contributed by atoms with Crippen LogP contribution in [-0.2, 0) is 0 Å². The number of amides is 1. The first-order chi connectivity index (χ1) is 10.3. The van der Waals surface area contributed by atoms with Gasteiger partial charge in [-0.1, -0.05) is 6.07 Å². The zero-order valence-corrected chi connectivity index (χ0v) is 11.8. The van der Waals surface area contributed by atoms with E-state index in [1.165, 1.54) is 11.3 Å². The van der Waals surface area contributed by atoms with Crippen molar-refractivity contribution in [2.75, 3.05) is 5.32 Å². The lowest BCUT2D eigenvalue weighted by atomic mass is 10.2. The number of aromatic amines is 1. The van der Waals surface area contributed by atoms with Crippen LogP contribution < -0.4 is 5.32 Å². The third kappa shape index (κ3) is 2.17. The third-order valence-electron chi connectivity index (χ3n) is 3.41. The highest BCUT2D eigenvalue weighted by molar-refractivity contribution is 7.16. The first-order valence-electron chi connectivity index (χ1n) is 6.51. The molecule has 102 valence electrons. The molecule has 2 N–H and O–H groups in total. The zero-order valence-electron chi connectivity index (χ0n) is 11.0. The molecule has 0 aliphatic rings. The van der Waals surface area contributed by atoms with Gasteiger partial charge < -0.3 is 10.3 Å². The number of rotatable bonds is 2. The summed E-state index contributed by atoms with van der Waals surface area (Å²) in [6, 6.07) is 13.3. The summed E-state index contributed by atoms with van der Waals surface area (Å²) in [6.45, 7) is 0. The van der Waals surface area contributed by atoms with Crippen LogP contribution in [0.1, 0.15) is 10.4 Å². The second-order valence-electron chi connectivity index (χ2n) is 4.77. The summed E-state index contributed by atoms with van der Waals surface area (Å²) in [6.07, 6.45) is 1.88. The minimum absolute atomic E-state index is 0.115. The molecule has 2 aromatic carbocycles. The summed E-state index contributed by atoms with van der Waals surface area (Å²) in [5, 5.41) is 4.05. The Morgan fingerprint density at radius 3 is 3.05 bits per heavy atom. The van der Waals surface area contributed by atoms with E-state index in [1.54, 1.807) is 11.6 Å². The van der Waals surface area contributed by atoms with E-state index >= 15 is 0 Å². The fraction of sp³-hybridized carbons (Fsp3) is 0. The van der Waals surface area contributed by atoms with E-state index < -0.39 is 0 Å². The number of hydrogen-bond acceptors (Lipinski definition) is 3. The minimum atomic E-state index is -0.115. The molecule has 0 fully saturated rings. The number of benzene rings is 2. The molecule has 2 aromatic heterocycles. The first-order valence-corrected chi connectivity index (χ1v) is 7.39. The second kappa shape index (κ2) is 4.71. The summed E-state index contributed by atoms with van der Waals surface area (Å²) >= 11 is 1.53. The van der Waals surface area contributed by atoms with Crippen LogP contribution in [0.25, 0.3) is 21.1 Å². The molecule has 4 nitrogen and oxygen atoms in total. The Morgan fingerprint density at radius 2 is 2.10 bits per heavy atom. The Bertz CT molecular complexity index is 954. The molecule has 4 aromatic rings. The fourth-order valence-electron chi connectivity index (χ4n) is 2.33. The van der Waals surface area contributed by atoms with Crippen LogP contribution in [0, 0.1) is 0 Å². The van der Waals surface area contributed by atoms with Crippen molar-refractivity contribution in [3.05, 3.63) is 59.7 Å². The van der Waals surface area contributed by atoms with E-state index in [0.29, 0.717) is 5.56 Å². The molecule has 0 unspecified atom stereocenters. The maximum absolute atomic E-state index is 12.3. The summed E-state index contributed by atoms with van der Waals surface area (Å²) in [7, 11) is 0. The highest BCUT2D eigenvalue weighted by Gasteiger charge is 2.08. The quantitative estimate of drug-likeness (QED) is 0.586. The molecule has 0 aliphatic carbocycles. The van der Waals surface area contributed by atoms with E-state index in [1.807, 2.05) is 42.6 Å². The minimum Gasteiger partial charge on any atom is -0.361 e. The van der Waals surface area contributed by atoms with Gasteiger partial charge in [0.2, 0.25) is 0 Å². The lowest BCUT2D eigenvalue weighted by molar-refractivity contribution is 0.102. The highest BCUT2D eigenvalue weighted by atomic mass is 32.1. The van der Waals surface area contributed by atoms with Crippen molar-refractivity contribution in [1.29, 1.82) is 0 Å². The number of carbonyl (C=O) groups is 1. The summed E-state index contributed by atoms with van der Waals surface area (Å²) < 4.78 is 1.02. The molecule has 21 heavy (non-hydrogen) atoms. The predicted molar refractivity (Wildman–Crippen MR) is 85.9 cm³/mol. The molecule has 0 bridgehead atoms. The van der Waals surface area contributed by atoms with E-state index in [9.17, 15) is 4.79 Å². The Hall–Kier alpha value is -2.66. The van der Waals surface area contributed by atoms with Gasteiger partial charge in [0.1, 0.15) is 0 Å². The van der Waals surface area contributed by atoms with Gasteiger partial charge in [0.15, 0.2) is 0 Å². The fourth-order valence-corrected chi connectivity index (χ4v) is 3.04. The monoisotopic (exact) mass is 293 g/mol. The molecule has 0 saturated heterocycles. The maximum Gasteiger partial charge on any atom is 0.255 e. The SMILES string of the molecule is O=C(Nc1ccc2cc[nH]c2c1)c1ccc2ncsc2c1. The standard InChI is InChI=1S/C16H11N3OS/c20-16(11-2-4-13-15(7-11)21-9-18-13)19-12-3-1-10-5-6-17-14(10)8-12/h1-9,17H,(H,19,20). The largest absolute Gasteiger partial charge is 0.361 e. The van der Waals surface area contributed by atoms with Gasteiger partial charge in [0.25, 0.3) is 5.91 Å². The summed E-state index contributed by atoms with van der Waals surface area (Å²) in [4.78, 5) is 19.7. The van der Waals surface area contributed by atoms with Gasteiger partial charge in [0.05, 0.1) is 15.7 Å². The van der Waals surface area contributed by atoms with Gasteiger partial charge in [-0.3, -0.25) is 4.79 Å². The number of anilines is 1. The molecule has 0 aliphatic heterocycles. The number of hydrogen-bond donors (Lipinski definition) is 2. The van der Waals surface area contributed by atoms with Crippen LogP contribution in [0.4, 0.5) is 5.69 Å². The van der Waals surface area contributed by atoms with Gasteiger partial charge >= 0.3 is 0 Å². The average Bonchev–Trinajstić information content (AvgIpc) is 3.14. The van der Waals surface area contributed by atoms with Crippen molar-refractivity contribution in [1.82, 2.24) is 9.97 Å². The number of nitrogens with zero attached hydrogens (tertiary/aromatic N) is 1. The Morgan fingerprint density at radius 1 is 1.14 bits per heavy atom. The molecule has 0 atom stereocenters. The van der Waals surface area contributed by atoms with Gasteiger partial charge in [-0.05, 0) is 41.8 Å². The Kier molecular flexibility index (Phi) is 2.72. The van der Waals surface area contributed by atoms with Crippen molar-refractivity contribution >= 4 is 44.1 Å². The van der Waals surface area contributed by atoms with Crippen molar-refractivity contribution in [3.8, 4) is 0 Å². The normalized spacial score (nSPS) is 11.0. The number of carbonyl (C=O) groups excluding carboxylic acids is 1. The molecular weight excluding hydrogens is 282 g/mol. The summed E-state index contributed by atoms with van der Waals surface area (Å²) in [5.41, 5.74) is 5.12. The number of aromatic nitrogens is 2. The molecule has 4 rings (SSSR count). The molecule has 1 amide bonds. The Balaban J connectivity index is 1.64. The maximum atomic E-state index is 12.3. The van der Waals surface area contributed by atoms with E-state index in [-0.39, 0.29) is 5.91 Å². The van der Waals surface area contributed by atoms with Crippen LogP contribution in [0.3, 0.4) is 0 Å². The van der Waals surface area contributed by atoms with E-state index in [0.717, 1.165) is 26.8 Å². The zero-order chi connectivity index (χ0) is 14.2. The average molecular weight is 293 g/mol. The number of H-pyrrole nitrogens is 1. The van der Waals surface area contributed by atoms with E-state index in [2.05, 4.69) is 15.3 Å². The second-order valence-corrected chi connectivity index (χ2v) is 5.66. The van der Waals surface area contributed by atoms with E-state index in [4.69, 9.17) is 0 Å². The number of fused-ring (bicyclic) bond motifs is 2. The number of nitrogens with one attached hydrogen (secondary N) is 2. The van der Waals surface area contributed by atoms with Crippen LogP contribution in [0.15, 0.2) is 54.2 Å². The lowest BCUT2D eigenvalue weighted by Crippen LogP contribution is -2.11. The highest BCUT2D eigenvalue weighted by Crippen LogP contribution is 2.21. The smallest absolute Gasteiger partial charge is 0.255 e. The van der Waals surface area contributed by atoms with Crippen LogP contribution in [-0.4, -0.2) is 15.9 Å². The van der Waals surface area contributed by atoms with Crippen molar-refractivity contribution in [2.24, 2.45) is 0 Å². The number of thiazole rings is 1. The van der Waals surface area contributed by atoms with Gasteiger partial charge in [-0.2, -0.15) is 0 Å². The van der Waals surface area contributed by atoms with Crippen molar-refractivity contribution in [2.45, 2.75) is 0 Å². The predicted octanol–water partition coefficient (Wildman–Crippen LogP) is 4.03.